The summed E-state index contributed by atoms with van der Waals surface area (Å²) >= 11 is 0. The summed E-state index contributed by atoms with van der Waals surface area (Å²) in [4.78, 5) is 24.2. The van der Waals surface area contributed by atoms with Crippen LogP contribution in [-0.4, -0.2) is 36.0 Å². The summed E-state index contributed by atoms with van der Waals surface area (Å²) in [6.45, 7) is 2.82. The molecule has 15 heavy (non-hydrogen) atoms. The second-order valence-electron chi connectivity index (χ2n) is 3.67. The molecule has 0 fully saturated rings. The van der Waals surface area contributed by atoms with Gasteiger partial charge >= 0.3 is 0 Å². The molecule has 1 aliphatic heterocycles. The van der Waals surface area contributed by atoms with Gasteiger partial charge in [-0.15, -0.1) is 0 Å². The normalized spacial score (nSPS) is 15.6. The minimum absolute atomic E-state index is 0.0801. The lowest BCUT2D eigenvalue weighted by Gasteiger charge is -2.19. The highest BCUT2D eigenvalue weighted by Gasteiger charge is 2.20. The van der Waals surface area contributed by atoms with Crippen LogP contribution in [0.4, 0.5) is 0 Å². The van der Waals surface area contributed by atoms with Crippen molar-refractivity contribution in [2.24, 2.45) is 5.10 Å². The van der Waals surface area contributed by atoms with Crippen LogP contribution in [0.25, 0.3) is 0 Å². The number of unbranched alkanes of at least 4 members (excludes halogenated alkanes) is 1. The van der Waals surface area contributed by atoms with Crippen molar-refractivity contribution >= 4 is 17.5 Å². The summed E-state index contributed by atoms with van der Waals surface area (Å²) < 4.78 is 0. The number of hydrogen-bond acceptors (Lipinski definition) is 3. The number of nitrogens with one attached hydrogen (secondary N) is 1. The zero-order valence-electron chi connectivity index (χ0n) is 9.25. The molecule has 0 unspecified atom stereocenters. The van der Waals surface area contributed by atoms with Gasteiger partial charge < -0.3 is 4.90 Å². The molecule has 5 heteroatoms. The first-order valence-electron chi connectivity index (χ1n) is 5.26. The van der Waals surface area contributed by atoms with Crippen molar-refractivity contribution in [2.75, 3.05) is 13.6 Å². The van der Waals surface area contributed by atoms with Crippen LogP contribution >= 0.6 is 0 Å². The first kappa shape index (κ1) is 11.7. The SMILES string of the molecule is CCCCN(C)C(=O)C1=NNC(=O)CC1. The van der Waals surface area contributed by atoms with Gasteiger partial charge in [-0.05, 0) is 6.42 Å². The van der Waals surface area contributed by atoms with E-state index < -0.39 is 0 Å². The largest absolute Gasteiger partial charge is 0.341 e. The number of carbonyl (C=O) groups excluding carboxylic acids is 2. The van der Waals surface area contributed by atoms with Gasteiger partial charge in [0.25, 0.3) is 5.91 Å². The molecule has 1 heterocycles. The average molecular weight is 211 g/mol. The lowest BCUT2D eigenvalue weighted by atomic mass is 10.1. The minimum Gasteiger partial charge on any atom is -0.341 e. The van der Waals surface area contributed by atoms with Crippen LogP contribution in [0.5, 0.6) is 0 Å². The van der Waals surface area contributed by atoms with E-state index in [1.807, 2.05) is 0 Å². The van der Waals surface area contributed by atoms with Crippen molar-refractivity contribution < 1.29 is 9.59 Å². The van der Waals surface area contributed by atoms with E-state index in [0.717, 1.165) is 19.4 Å². The first-order chi connectivity index (χ1) is 7.15. The van der Waals surface area contributed by atoms with Crippen molar-refractivity contribution in [2.45, 2.75) is 32.6 Å². The van der Waals surface area contributed by atoms with Gasteiger partial charge in [0, 0.05) is 26.4 Å². The Balaban J connectivity index is 2.49. The van der Waals surface area contributed by atoms with Gasteiger partial charge in [0.1, 0.15) is 5.71 Å². The molecule has 2 amide bonds. The Morgan fingerprint density at radius 2 is 2.27 bits per heavy atom. The number of nitrogens with zero attached hydrogens (tertiary/aromatic N) is 2. The number of hydrazone groups is 1. The molecule has 0 atom stereocenters. The zero-order valence-corrected chi connectivity index (χ0v) is 9.25. The quantitative estimate of drug-likeness (QED) is 0.736. The maximum Gasteiger partial charge on any atom is 0.269 e. The number of amides is 2. The summed E-state index contributed by atoms with van der Waals surface area (Å²) in [5.74, 6) is -0.203. The van der Waals surface area contributed by atoms with Crippen LogP contribution in [0, 0.1) is 0 Å². The molecule has 0 spiro atoms. The first-order valence-corrected chi connectivity index (χ1v) is 5.26. The highest BCUT2D eigenvalue weighted by atomic mass is 16.2. The molecule has 0 saturated carbocycles. The Hall–Kier alpha value is -1.39. The molecule has 0 aromatic heterocycles. The molecule has 1 rings (SSSR count). The predicted molar refractivity (Wildman–Crippen MR) is 57.4 cm³/mol. The Bertz CT molecular complexity index is 286. The number of rotatable bonds is 4. The summed E-state index contributed by atoms with van der Waals surface area (Å²) in [7, 11) is 1.76. The van der Waals surface area contributed by atoms with Crippen molar-refractivity contribution in [3.8, 4) is 0 Å². The third-order valence-electron chi connectivity index (χ3n) is 2.35. The van der Waals surface area contributed by atoms with Crippen LogP contribution in [0.2, 0.25) is 0 Å². The van der Waals surface area contributed by atoms with Crippen molar-refractivity contribution in [1.29, 1.82) is 0 Å². The molecule has 5 nitrogen and oxygen atoms in total. The highest BCUT2D eigenvalue weighted by Crippen LogP contribution is 2.03. The van der Waals surface area contributed by atoms with Gasteiger partial charge in [-0.25, -0.2) is 5.43 Å². The molecule has 0 aromatic rings. The van der Waals surface area contributed by atoms with Crippen LogP contribution in [-0.2, 0) is 9.59 Å². The van der Waals surface area contributed by atoms with Crippen LogP contribution in [0.1, 0.15) is 32.6 Å². The van der Waals surface area contributed by atoms with E-state index in [1.165, 1.54) is 0 Å². The van der Waals surface area contributed by atoms with Crippen LogP contribution < -0.4 is 5.43 Å². The summed E-state index contributed by atoms with van der Waals surface area (Å²) in [5.41, 5.74) is 2.78. The molecule has 0 saturated heterocycles. The number of carbonyl (C=O) groups is 2. The molecule has 0 radical (unpaired) electrons. The Labute approximate surface area is 89.5 Å². The monoisotopic (exact) mass is 211 g/mol. The van der Waals surface area contributed by atoms with Crippen LogP contribution in [0.3, 0.4) is 0 Å². The molecule has 1 aliphatic rings. The van der Waals surface area contributed by atoms with Crippen LogP contribution in [0.15, 0.2) is 5.10 Å². The van der Waals surface area contributed by atoms with E-state index >= 15 is 0 Å². The smallest absolute Gasteiger partial charge is 0.269 e. The van der Waals surface area contributed by atoms with E-state index in [9.17, 15) is 9.59 Å². The van der Waals surface area contributed by atoms with E-state index in [2.05, 4.69) is 17.5 Å². The predicted octanol–water partition coefficient (Wildman–Crippen LogP) is 0.511. The second kappa shape index (κ2) is 5.48. The van der Waals surface area contributed by atoms with Gasteiger partial charge in [0.15, 0.2) is 0 Å². The van der Waals surface area contributed by atoms with Gasteiger partial charge in [-0.3, -0.25) is 9.59 Å². The maximum absolute atomic E-state index is 11.8. The third-order valence-corrected chi connectivity index (χ3v) is 2.35. The molecule has 0 bridgehead atoms. The fraction of sp³-hybridized carbons (Fsp3) is 0.700. The Kier molecular flexibility index (Phi) is 4.27. The number of hydrogen-bond donors (Lipinski definition) is 1. The fourth-order valence-corrected chi connectivity index (χ4v) is 1.35. The molecule has 1 N–H and O–H groups in total. The van der Waals surface area contributed by atoms with Gasteiger partial charge in [0.05, 0.1) is 0 Å². The van der Waals surface area contributed by atoms with E-state index in [1.54, 1.807) is 11.9 Å². The molecule has 0 aromatic carbocycles. The molecular weight excluding hydrogens is 194 g/mol. The lowest BCUT2D eigenvalue weighted by molar-refractivity contribution is -0.123. The molecule has 84 valence electrons. The molecular formula is C10H17N3O2. The lowest BCUT2D eigenvalue weighted by Crippen LogP contribution is -2.38. The van der Waals surface area contributed by atoms with Gasteiger partial charge in [0.2, 0.25) is 5.91 Å². The topological polar surface area (TPSA) is 61.8 Å². The van der Waals surface area contributed by atoms with Gasteiger partial charge in [-0.1, -0.05) is 13.3 Å². The Morgan fingerprint density at radius 3 is 2.80 bits per heavy atom. The van der Waals surface area contributed by atoms with Crippen molar-refractivity contribution in [1.82, 2.24) is 10.3 Å². The van der Waals surface area contributed by atoms with E-state index in [-0.39, 0.29) is 11.8 Å². The summed E-state index contributed by atoms with van der Waals surface area (Å²) in [6, 6.07) is 0. The Morgan fingerprint density at radius 1 is 1.53 bits per heavy atom. The molecule has 0 aliphatic carbocycles. The summed E-state index contributed by atoms with van der Waals surface area (Å²) in [6.07, 6.45) is 2.84. The van der Waals surface area contributed by atoms with Crippen molar-refractivity contribution in [3.63, 3.8) is 0 Å². The third kappa shape index (κ3) is 3.34. The maximum atomic E-state index is 11.8. The van der Waals surface area contributed by atoms with E-state index in [0.29, 0.717) is 18.6 Å². The summed E-state index contributed by atoms with van der Waals surface area (Å²) in [5, 5.41) is 3.77. The second-order valence-corrected chi connectivity index (χ2v) is 3.67. The highest BCUT2D eigenvalue weighted by molar-refractivity contribution is 6.39. The average Bonchev–Trinajstić information content (AvgIpc) is 2.26. The van der Waals surface area contributed by atoms with Crippen molar-refractivity contribution in [3.05, 3.63) is 0 Å². The zero-order chi connectivity index (χ0) is 11.3. The standard InChI is InChI=1S/C10H17N3O2/c1-3-4-7-13(2)10(15)8-5-6-9(14)12-11-8/h3-7H2,1-2H3,(H,12,14). The fourth-order valence-electron chi connectivity index (χ4n) is 1.35. The minimum atomic E-state index is -0.122. The van der Waals surface area contributed by atoms with Gasteiger partial charge in [-0.2, -0.15) is 5.10 Å². The van der Waals surface area contributed by atoms with E-state index in [4.69, 9.17) is 0 Å².